The largest absolute Gasteiger partial charge is 0.361 e. The molecule has 2 aliphatic rings. The van der Waals surface area contributed by atoms with Gasteiger partial charge in [-0.15, -0.1) is 0 Å². The van der Waals surface area contributed by atoms with Gasteiger partial charge in [0.1, 0.15) is 0 Å². The average Bonchev–Trinajstić information content (AvgIpc) is 3.11. The number of hydrogen-bond acceptors (Lipinski definition) is 4. The fourth-order valence-corrected chi connectivity index (χ4v) is 13.7. The van der Waals surface area contributed by atoms with Crippen molar-refractivity contribution in [3.05, 3.63) is 57.6 Å². The highest BCUT2D eigenvalue weighted by Gasteiger charge is 2.40. The molecule has 0 atom stereocenters. The van der Waals surface area contributed by atoms with E-state index in [2.05, 4.69) is 293 Å². The summed E-state index contributed by atoms with van der Waals surface area (Å²) in [7, 11) is 2.17. The maximum absolute atomic E-state index is 9.14. The average molecular weight is 1020 g/mol. The van der Waals surface area contributed by atoms with E-state index >= 15 is 0 Å². The van der Waals surface area contributed by atoms with E-state index in [0.717, 1.165) is 31.6 Å². The highest BCUT2D eigenvalue weighted by atomic mass is 15.3. The second-order valence-electron chi connectivity index (χ2n) is 33.8. The first-order valence-corrected chi connectivity index (χ1v) is 29.2. The Kier molecular flexibility index (Phi) is 22.0. The SMILES string of the molecule is CC(C)(C)N(C(C)(C)C)C(C)(C)C.CN(C(C)(C)C)C(C)(C)C.Cc1cc(C2CCC(C)(C)CC2)cc(C)c1N(C(C)(C)C)C(C)(C)C.[2H]C1(c2cc(C)c(N(C(C)(C)C)C(C)(C)C)c(C)c2)CCC(C)(C)CC1. The van der Waals surface area contributed by atoms with E-state index in [-0.39, 0.29) is 49.9 Å². The Morgan fingerprint density at radius 2 is 0.603 bits per heavy atom. The van der Waals surface area contributed by atoms with Crippen molar-refractivity contribution in [3.8, 4) is 0 Å². The van der Waals surface area contributed by atoms with Crippen molar-refractivity contribution in [2.45, 2.75) is 355 Å². The van der Waals surface area contributed by atoms with Gasteiger partial charge in [-0.25, -0.2) is 0 Å². The van der Waals surface area contributed by atoms with Gasteiger partial charge in [0.25, 0.3) is 0 Å². The first kappa shape index (κ1) is 67.1. The number of hydrogen-bond donors (Lipinski definition) is 0. The van der Waals surface area contributed by atoms with Crippen molar-refractivity contribution < 1.29 is 1.37 Å². The highest BCUT2D eigenvalue weighted by molar-refractivity contribution is 5.64. The van der Waals surface area contributed by atoms with Crippen LogP contribution in [0.4, 0.5) is 11.4 Å². The number of benzene rings is 2. The van der Waals surface area contributed by atoms with Gasteiger partial charge in [0.15, 0.2) is 0 Å². The Balaban J connectivity index is 0.000000529. The molecule has 0 spiro atoms. The molecule has 0 bridgehead atoms. The van der Waals surface area contributed by atoms with Crippen LogP contribution < -0.4 is 9.80 Å². The number of rotatable bonds is 4. The van der Waals surface area contributed by atoms with Crippen LogP contribution in [-0.2, 0) is 0 Å². The normalized spacial score (nSPS) is 18.4. The molecule has 73 heavy (non-hydrogen) atoms. The fourth-order valence-electron chi connectivity index (χ4n) is 13.7. The van der Waals surface area contributed by atoms with Gasteiger partial charge >= 0.3 is 0 Å². The molecule has 0 N–H and O–H groups in total. The van der Waals surface area contributed by atoms with Crippen LogP contribution in [-0.4, -0.2) is 66.7 Å². The van der Waals surface area contributed by atoms with Crippen LogP contribution in [0.3, 0.4) is 0 Å². The van der Waals surface area contributed by atoms with Crippen molar-refractivity contribution >= 4 is 11.4 Å². The molecule has 2 aromatic carbocycles. The van der Waals surface area contributed by atoms with Gasteiger partial charge in [-0.2, -0.15) is 0 Å². The van der Waals surface area contributed by atoms with Crippen LogP contribution in [0.1, 0.15) is 313 Å². The quantitative estimate of drug-likeness (QED) is 0.303. The Morgan fingerprint density at radius 1 is 0.370 bits per heavy atom. The van der Waals surface area contributed by atoms with E-state index in [0.29, 0.717) is 10.8 Å². The molecule has 0 aromatic heterocycles. The minimum atomic E-state index is -0.419. The van der Waals surface area contributed by atoms with Crippen LogP contribution in [0.2, 0.25) is 0 Å². The molecule has 0 saturated heterocycles. The zero-order valence-corrected chi connectivity index (χ0v) is 56.3. The summed E-state index contributed by atoms with van der Waals surface area (Å²) in [6.45, 7) is 80.3. The summed E-state index contributed by atoms with van der Waals surface area (Å²) in [4.78, 5) is 10.1. The summed E-state index contributed by atoms with van der Waals surface area (Å²) in [5.74, 6) is 0.329. The molecule has 0 aliphatic heterocycles. The van der Waals surface area contributed by atoms with Crippen molar-refractivity contribution in [1.82, 2.24) is 9.80 Å². The molecule has 2 aromatic rings. The Bertz CT molecular complexity index is 1930. The lowest BCUT2D eigenvalue weighted by atomic mass is 9.71. The summed E-state index contributed by atoms with van der Waals surface area (Å²) in [6, 6.07) is 9.57. The standard InChI is InChI=1S/2C24H41N.C12H27N.C9H21N/c2*1-17-15-20(19-11-13-24(9,10)14-12-19)16-18(2)21(17)25(22(3,4)5)23(6,7)8;1-10(2,3)13(11(4,5)6)12(7,8)9;1-8(2,3)10(7)9(4,5)6/h2*15-16,19H,11-14H2,1-10H3;1-9H3;1-7H3/i19D;;;. The minimum Gasteiger partial charge on any atom is -0.361 e. The third kappa shape index (κ3) is 21.0. The molecular weight excluding hydrogens is 885 g/mol. The van der Waals surface area contributed by atoms with Crippen molar-refractivity contribution in [1.29, 1.82) is 0 Å². The van der Waals surface area contributed by atoms with Crippen molar-refractivity contribution in [2.75, 3.05) is 16.8 Å². The molecule has 426 valence electrons. The smallest absolute Gasteiger partial charge is 0.0434 e. The van der Waals surface area contributed by atoms with Crippen LogP contribution in [0, 0.1) is 38.5 Å². The summed E-state index contributed by atoms with van der Waals surface area (Å²) in [5, 5.41) is 0. The van der Waals surface area contributed by atoms with E-state index in [1.54, 1.807) is 5.56 Å². The van der Waals surface area contributed by atoms with Gasteiger partial charge in [-0.3, -0.25) is 9.80 Å². The summed E-state index contributed by atoms with van der Waals surface area (Å²) < 4.78 is 9.14. The summed E-state index contributed by atoms with van der Waals surface area (Å²) in [5.41, 5.74) is 13.5. The second-order valence-corrected chi connectivity index (χ2v) is 33.8. The number of nitrogens with zero attached hydrogens (tertiary/aromatic N) is 4. The lowest BCUT2D eigenvalue weighted by Crippen LogP contribution is -2.60. The lowest BCUT2D eigenvalue weighted by Gasteiger charge is -2.53. The second kappa shape index (κ2) is 23.9. The first-order valence-electron chi connectivity index (χ1n) is 29.7. The molecule has 0 unspecified atom stereocenters. The predicted octanol–water partition coefficient (Wildman–Crippen LogP) is 21.0. The Morgan fingerprint density at radius 3 is 0.795 bits per heavy atom. The molecule has 4 rings (SSSR count). The van der Waals surface area contributed by atoms with Gasteiger partial charge in [0.2, 0.25) is 0 Å². The van der Waals surface area contributed by atoms with Crippen LogP contribution in [0.5, 0.6) is 0 Å². The van der Waals surface area contributed by atoms with Crippen molar-refractivity contribution in [3.63, 3.8) is 0 Å². The molecule has 0 radical (unpaired) electrons. The molecule has 2 fully saturated rings. The Labute approximate surface area is 461 Å². The van der Waals surface area contributed by atoms with E-state index in [9.17, 15) is 0 Å². The number of anilines is 2. The van der Waals surface area contributed by atoms with Gasteiger partial charge < -0.3 is 9.80 Å². The van der Waals surface area contributed by atoms with E-state index in [4.69, 9.17) is 1.37 Å². The van der Waals surface area contributed by atoms with Gasteiger partial charge in [-0.05, 0) is 329 Å². The third-order valence-electron chi connectivity index (χ3n) is 15.6. The first-order chi connectivity index (χ1) is 32.3. The topological polar surface area (TPSA) is 13.0 Å². The molecule has 4 nitrogen and oxygen atoms in total. The fraction of sp³-hybridized carbons (Fsp3) is 0.826. The zero-order valence-electron chi connectivity index (χ0n) is 57.3. The highest BCUT2D eigenvalue weighted by Crippen LogP contribution is 2.47. The van der Waals surface area contributed by atoms with Crippen molar-refractivity contribution in [2.24, 2.45) is 10.8 Å². The lowest BCUT2D eigenvalue weighted by molar-refractivity contribution is -0.0403. The third-order valence-corrected chi connectivity index (χ3v) is 15.6. The molecule has 0 amide bonds. The molecular formula is C69H130N4. The number of aryl methyl sites for hydroxylation is 4. The predicted molar refractivity (Wildman–Crippen MR) is 334 cm³/mol. The molecule has 2 aliphatic carbocycles. The minimum absolute atomic E-state index is 0.0444. The summed E-state index contributed by atoms with van der Waals surface area (Å²) >= 11 is 0. The van der Waals surface area contributed by atoms with Gasteiger partial charge in [0, 0.05) is 62.6 Å². The monoisotopic (exact) mass is 1020 g/mol. The van der Waals surface area contributed by atoms with Crippen LogP contribution >= 0.6 is 0 Å². The van der Waals surface area contributed by atoms with Crippen LogP contribution in [0.15, 0.2) is 24.3 Å². The van der Waals surface area contributed by atoms with E-state index in [1.807, 2.05) is 0 Å². The summed E-state index contributed by atoms with van der Waals surface area (Å²) in [6.07, 6.45) is 9.63. The Hall–Kier alpha value is -2.04. The molecule has 4 heteroatoms. The zero-order chi connectivity index (χ0) is 59.0. The maximum atomic E-state index is 9.14. The molecule has 2 saturated carbocycles. The van der Waals surface area contributed by atoms with Gasteiger partial charge in [0.05, 0.1) is 0 Å². The van der Waals surface area contributed by atoms with Crippen LogP contribution in [0.25, 0.3) is 0 Å². The van der Waals surface area contributed by atoms with E-state index < -0.39 is 5.89 Å². The van der Waals surface area contributed by atoms with E-state index in [1.165, 1.54) is 64.9 Å². The maximum Gasteiger partial charge on any atom is 0.0434 e. The van der Waals surface area contributed by atoms with Gasteiger partial charge in [-0.1, -0.05) is 52.0 Å². The molecule has 0 heterocycles.